The fraction of sp³-hybridized carbons (Fsp3) is 0.786. The van der Waals surface area contributed by atoms with Crippen molar-refractivity contribution < 1.29 is 13.2 Å². The molecule has 19 heavy (non-hydrogen) atoms. The Labute approximate surface area is 114 Å². The molecule has 1 heterocycles. The lowest BCUT2D eigenvalue weighted by atomic mass is 9.80. The first-order chi connectivity index (χ1) is 8.80. The van der Waals surface area contributed by atoms with Gasteiger partial charge in [-0.25, -0.2) is 12.7 Å². The second kappa shape index (κ2) is 3.54. The Kier molecular flexibility index (Phi) is 2.42. The third kappa shape index (κ3) is 1.17. The topological polar surface area (TPSA) is 54.5 Å². The Hall–Kier alpha value is -1.02. The Balaban J connectivity index is 2.02. The number of carbonyl (C=O) groups is 1. The van der Waals surface area contributed by atoms with Gasteiger partial charge < -0.3 is 0 Å². The zero-order chi connectivity index (χ0) is 14.1. The number of sulfonamides is 1. The number of hydrogen-bond donors (Lipinski definition) is 0. The second-order valence-corrected chi connectivity index (χ2v) is 8.43. The van der Waals surface area contributed by atoms with Crippen molar-refractivity contribution in [2.24, 2.45) is 11.3 Å². The highest BCUT2D eigenvalue weighted by atomic mass is 32.2. The predicted octanol–water partition coefficient (Wildman–Crippen LogP) is 1.52. The van der Waals surface area contributed by atoms with Crippen LogP contribution in [-0.2, 0) is 14.8 Å². The number of fused-ring (bicyclic) bond motifs is 1. The lowest BCUT2D eigenvalue weighted by Gasteiger charge is -2.55. The number of rotatable bonds is 0. The van der Waals surface area contributed by atoms with E-state index in [4.69, 9.17) is 0 Å². The van der Waals surface area contributed by atoms with Crippen LogP contribution in [0.25, 0.3) is 0 Å². The molecule has 3 atom stereocenters. The molecule has 0 N–H and O–H groups in total. The molecule has 4 nitrogen and oxygen atoms in total. The average molecular weight is 281 g/mol. The summed E-state index contributed by atoms with van der Waals surface area (Å²) in [5.74, 6) is 4.98. The van der Waals surface area contributed by atoms with Gasteiger partial charge >= 0.3 is 5.91 Å². The molecule has 0 unspecified atom stereocenters. The summed E-state index contributed by atoms with van der Waals surface area (Å²) in [6.07, 6.45) is 3.03. The van der Waals surface area contributed by atoms with E-state index in [9.17, 15) is 13.2 Å². The summed E-state index contributed by atoms with van der Waals surface area (Å²) in [5, 5.41) is 0. The molecule has 1 amide bonds. The number of hydrogen-bond acceptors (Lipinski definition) is 3. The van der Waals surface area contributed by atoms with E-state index in [-0.39, 0.29) is 11.5 Å². The molecule has 2 aliphatic carbocycles. The molecule has 1 spiro atoms. The largest absolute Gasteiger partial charge is 0.312 e. The van der Waals surface area contributed by atoms with Gasteiger partial charge in [-0.1, -0.05) is 26.7 Å². The molecule has 2 saturated carbocycles. The van der Waals surface area contributed by atoms with Gasteiger partial charge in [-0.15, -0.1) is 0 Å². The van der Waals surface area contributed by atoms with Crippen molar-refractivity contribution in [1.29, 1.82) is 0 Å². The third-order valence-corrected chi connectivity index (χ3v) is 8.46. The Morgan fingerprint density at radius 2 is 2.11 bits per heavy atom. The summed E-state index contributed by atoms with van der Waals surface area (Å²) in [5.41, 5.74) is -0.217. The highest BCUT2D eigenvalue weighted by molar-refractivity contribution is 7.92. The molecule has 0 aromatic carbocycles. The fourth-order valence-electron chi connectivity index (χ4n) is 4.57. The van der Waals surface area contributed by atoms with E-state index in [1.54, 1.807) is 0 Å². The maximum Gasteiger partial charge on any atom is 0.312 e. The first-order valence-electron chi connectivity index (χ1n) is 6.87. The lowest BCUT2D eigenvalue weighted by molar-refractivity contribution is -0.124. The highest BCUT2D eigenvalue weighted by Gasteiger charge is 2.81. The van der Waals surface area contributed by atoms with Gasteiger partial charge in [0.2, 0.25) is 10.0 Å². The van der Waals surface area contributed by atoms with Crippen LogP contribution < -0.4 is 0 Å². The van der Waals surface area contributed by atoms with Crippen molar-refractivity contribution in [3.8, 4) is 11.8 Å². The van der Waals surface area contributed by atoms with E-state index in [0.29, 0.717) is 18.8 Å². The van der Waals surface area contributed by atoms with E-state index in [1.807, 2.05) is 20.8 Å². The molecule has 5 heteroatoms. The maximum absolute atomic E-state index is 12.7. The zero-order valence-electron chi connectivity index (χ0n) is 11.6. The molecule has 1 aliphatic heterocycles. The van der Waals surface area contributed by atoms with Crippen LogP contribution in [0.4, 0.5) is 0 Å². The van der Waals surface area contributed by atoms with Gasteiger partial charge in [-0.3, -0.25) is 4.79 Å². The monoisotopic (exact) mass is 281 g/mol. The lowest BCUT2D eigenvalue weighted by Crippen LogP contribution is -2.74. The van der Waals surface area contributed by atoms with Gasteiger partial charge in [0.15, 0.2) is 0 Å². The minimum atomic E-state index is -3.53. The van der Waals surface area contributed by atoms with E-state index in [2.05, 4.69) is 11.8 Å². The van der Waals surface area contributed by atoms with Gasteiger partial charge in [-0.05, 0) is 36.5 Å². The van der Waals surface area contributed by atoms with Crippen molar-refractivity contribution in [1.82, 2.24) is 4.31 Å². The maximum atomic E-state index is 12.7. The number of nitrogens with zero attached hydrogens (tertiary/aromatic N) is 1. The van der Waals surface area contributed by atoms with E-state index in [0.717, 1.165) is 17.1 Å². The molecule has 0 radical (unpaired) electrons. The minimum Gasteiger partial charge on any atom is -0.258 e. The first-order valence-corrected chi connectivity index (χ1v) is 8.31. The van der Waals surface area contributed by atoms with Gasteiger partial charge in [-0.2, -0.15) is 0 Å². The summed E-state index contributed by atoms with van der Waals surface area (Å²) in [6.45, 7) is 5.93. The van der Waals surface area contributed by atoms with Gasteiger partial charge in [0.25, 0.3) is 0 Å². The SMILES string of the molecule is CCC#CC(=O)N1[C@@H]2C[C@H]3CC[C@]2(C3(C)C)S1(=O)=O. The summed E-state index contributed by atoms with van der Waals surface area (Å²) >= 11 is 0. The molecule has 3 aliphatic rings. The standard InChI is InChI=1S/C14H19NO3S/c1-4-5-6-12(16)15-11-9-10-7-8-14(11,13(10,2)3)19(15,17)18/h10-11H,4,7-9H2,1-3H3/t10-,11-,14+/m1/s1. The summed E-state index contributed by atoms with van der Waals surface area (Å²) in [4.78, 5) is 12.0. The van der Waals surface area contributed by atoms with Crippen LogP contribution in [0.2, 0.25) is 0 Å². The van der Waals surface area contributed by atoms with Crippen LogP contribution in [0.15, 0.2) is 0 Å². The zero-order valence-corrected chi connectivity index (χ0v) is 12.4. The fourth-order valence-corrected chi connectivity index (χ4v) is 7.38. The second-order valence-electron chi connectivity index (χ2n) is 6.36. The minimum absolute atomic E-state index is 0.148. The molecule has 0 aromatic rings. The molecule has 0 aromatic heterocycles. The van der Waals surface area contributed by atoms with E-state index in [1.165, 1.54) is 0 Å². The van der Waals surface area contributed by atoms with Crippen molar-refractivity contribution in [2.75, 3.05) is 0 Å². The Bertz CT molecular complexity index is 610. The molecule has 3 fully saturated rings. The summed E-state index contributed by atoms with van der Waals surface area (Å²) in [7, 11) is -3.53. The predicted molar refractivity (Wildman–Crippen MR) is 71.5 cm³/mol. The van der Waals surface area contributed by atoms with Crippen molar-refractivity contribution in [3.05, 3.63) is 0 Å². The van der Waals surface area contributed by atoms with Crippen LogP contribution in [0.3, 0.4) is 0 Å². The molecule has 3 rings (SSSR count). The summed E-state index contributed by atoms with van der Waals surface area (Å²) < 4.78 is 25.7. The Morgan fingerprint density at radius 3 is 2.68 bits per heavy atom. The normalized spacial score (nSPS) is 40.1. The van der Waals surface area contributed by atoms with Crippen LogP contribution in [0.5, 0.6) is 0 Å². The van der Waals surface area contributed by atoms with Crippen LogP contribution in [0.1, 0.15) is 46.5 Å². The molecule has 104 valence electrons. The molecule has 1 saturated heterocycles. The highest BCUT2D eigenvalue weighted by Crippen LogP contribution is 2.70. The van der Waals surface area contributed by atoms with Gasteiger partial charge in [0.1, 0.15) is 4.75 Å². The van der Waals surface area contributed by atoms with Gasteiger partial charge in [0.05, 0.1) is 6.04 Å². The third-order valence-electron chi connectivity index (χ3n) is 5.60. The number of carbonyl (C=O) groups excluding carboxylic acids is 1. The summed E-state index contributed by atoms with van der Waals surface area (Å²) in [6, 6.07) is -0.148. The average Bonchev–Trinajstić information content (AvgIpc) is 2.71. The smallest absolute Gasteiger partial charge is 0.258 e. The van der Waals surface area contributed by atoms with E-state index < -0.39 is 20.7 Å². The van der Waals surface area contributed by atoms with Crippen molar-refractivity contribution >= 4 is 15.9 Å². The van der Waals surface area contributed by atoms with Crippen molar-refractivity contribution in [3.63, 3.8) is 0 Å². The van der Waals surface area contributed by atoms with Crippen molar-refractivity contribution in [2.45, 2.75) is 57.2 Å². The molecule has 2 bridgehead atoms. The first kappa shape index (κ1) is 13.0. The van der Waals surface area contributed by atoms with E-state index >= 15 is 0 Å². The van der Waals surface area contributed by atoms with Crippen LogP contribution >= 0.6 is 0 Å². The molecular weight excluding hydrogens is 262 g/mol. The quantitative estimate of drug-likeness (QED) is 0.633. The number of amides is 1. The van der Waals surface area contributed by atoms with Crippen LogP contribution in [-0.4, -0.2) is 29.4 Å². The Morgan fingerprint density at radius 1 is 1.42 bits per heavy atom. The van der Waals surface area contributed by atoms with Gasteiger partial charge in [0, 0.05) is 6.42 Å². The van der Waals surface area contributed by atoms with Crippen LogP contribution in [0, 0.1) is 23.2 Å². The molecular formula is C14H19NO3S.